The molecule has 0 aliphatic rings. The summed E-state index contributed by atoms with van der Waals surface area (Å²) in [6.07, 6.45) is 2.36. The Bertz CT molecular complexity index is 569. The number of halogens is 3. The number of anilines is 1. The van der Waals surface area contributed by atoms with Crippen molar-refractivity contribution in [1.29, 1.82) is 0 Å². The van der Waals surface area contributed by atoms with E-state index in [-0.39, 0.29) is 16.5 Å². The number of hydrogen-bond acceptors (Lipinski definition) is 3. The van der Waals surface area contributed by atoms with Gasteiger partial charge in [-0.15, -0.1) is 0 Å². The lowest BCUT2D eigenvalue weighted by molar-refractivity contribution is 0.102. The summed E-state index contributed by atoms with van der Waals surface area (Å²) in [7, 11) is 0. The molecule has 0 radical (unpaired) electrons. The average molecular weight is 270 g/mol. The van der Waals surface area contributed by atoms with Crippen LogP contribution in [-0.4, -0.2) is 15.9 Å². The van der Waals surface area contributed by atoms with Gasteiger partial charge >= 0.3 is 0 Å². The molecule has 0 fully saturated rings. The lowest BCUT2D eigenvalue weighted by Gasteiger charge is -2.04. The number of nitrogens with zero attached hydrogens (tertiary/aromatic N) is 2. The smallest absolute Gasteiger partial charge is 0.275 e. The maximum absolute atomic E-state index is 12.9. The molecular formula is C11H6ClF2N3O. The molecule has 18 heavy (non-hydrogen) atoms. The third-order valence-corrected chi connectivity index (χ3v) is 2.17. The first-order chi connectivity index (χ1) is 8.54. The molecule has 1 N–H and O–H groups in total. The summed E-state index contributed by atoms with van der Waals surface area (Å²) >= 11 is 5.51. The van der Waals surface area contributed by atoms with Crippen LogP contribution in [0.15, 0.2) is 30.6 Å². The molecule has 1 amide bonds. The molecule has 1 aromatic heterocycles. The van der Waals surface area contributed by atoms with Crippen molar-refractivity contribution in [3.8, 4) is 0 Å². The van der Waals surface area contributed by atoms with Crippen LogP contribution in [-0.2, 0) is 0 Å². The van der Waals surface area contributed by atoms with E-state index < -0.39 is 17.5 Å². The van der Waals surface area contributed by atoms with E-state index in [0.717, 1.165) is 18.3 Å². The Balaban J connectivity index is 2.18. The van der Waals surface area contributed by atoms with Gasteiger partial charge in [-0.1, -0.05) is 11.6 Å². The van der Waals surface area contributed by atoms with E-state index in [1.165, 1.54) is 6.20 Å². The highest BCUT2D eigenvalue weighted by molar-refractivity contribution is 6.29. The van der Waals surface area contributed by atoms with Gasteiger partial charge in [0.15, 0.2) is 0 Å². The molecule has 2 rings (SSSR count). The normalized spacial score (nSPS) is 10.2. The summed E-state index contributed by atoms with van der Waals surface area (Å²) in [6, 6.07) is 2.69. The second-order valence-electron chi connectivity index (χ2n) is 3.34. The van der Waals surface area contributed by atoms with Crippen molar-refractivity contribution in [2.45, 2.75) is 0 Å². The Morgan fingerprint density at radius 1 is 1.11 bits per heavy atom. The molecule has 92 valence electrons. The first kappa shape index (κ1) is 12.4. The summed E-state index contributed by atoms with van der Waals surface area (Å²) in [5.74, 6) is -2.20. The van der Waals surface area contributed by atoms with Crippen molar-refractivity contribution in [1.82, 2.24) is 9.97 Å². The first-order valence-corrected chi connectivity index (χ1v) is 5.17. The minimum Gasteiger partial charge on any atom is -0.320 e. The highest BCUT2D eigenvalue weighted by Crippen LogP contribution is 2.13. The summed E-state index contributed by atoms with van der Waals surface area (Å²) in [4.78, 5) is 19.0. The largest absolute Gasteiger partial charge is 0.320 e. The number of hydrogen-bond donors (Lipinski definition) is 1. The number of rotatable bonds is 2. The van der Waals surface area contributed by atoms with Gasteiger partial charge in [-0.25, -0.2) is 18.7 Å². The molecule has 1 aromatic carbocycles. The van der Waals surface area contributed by atoms with E-state index >= 15 is 0 Å². The maximum atomic E-state index is 12.9. The lowest BCUT2D eigenvalue weighted by atomic mass is 10.3. The van der Waals surface area contributed by atoms with Crippen molar-refractivity contribution in [2.24, 2.45) is 0 Å². The van der Waals surface area contributed by atoms with E-state index in [2.05, 4.69) is 15.3 Å². The average Bonchev–Trinajstić information content (AvgIpc) is 2.28. The minimum atomic E-state index is -0.785. The number of aromatic nitrogens is 2. The molecular weight excluding hydrogens is 264 g/mol. The van der Waals surface area contributed by atoms with Crippen molar-refractivity contribution in [3.05, 3.63) is 53.1 Å². The van der Waals surface area contributed by atoms with Crippen LogP contribution < -0.4 is 5.32 Å². The van der Waals surface area contributed by atoms with Crippen LogP contribution in [0.1, 0.15) is 10.5 Å². The molecule has 0 aliphatic heterocycles. The third kappa shape index (κ3) is 2.98. The molecule has 2 aromatic rings. The van der Waals surface area contributed by atoms with Crippen molar-refractivity contribution >= 4 is 23.2 Å². The van der Waals surface area contributed by atoms with Gasteiger partial charge in [0.2, 0.25) is 0 Å². The minimum absolute atomic E-state index is 0.00532. The highest BCUT2D eigenvalue weighted by Gasteiger charge is 2.09. The van der Waals surface area contributed by atoms with Crippen LogP contribution in [0.2, 0.25) is 5.15 Å². The van der Waals surface area contributed by atoms with E-state index in [1.807, 2.05) is 0 Å². The second-order valence-corrected chi connectivity index (χ2v) is 3.72. The number of carbonyl (C=O) groups excluding carboxylic acids is 1. The lowest BCUT2D eigenvalue weighted by Crippen LogP contribution is -2.14. The Hall–Kier alpha value is -2.08. The van der Waals surface area contributed by atoms with Crippen LogP contribution in [0.4, 0.5) is 14.5 Å². The summed E-state index contributed by atoms with van der Waals surface area (Å²) in [5, 5.41) is 2.44. The van der Waals surface area contributed by atoms with Crippen LogP contribution in [0.25, 0.3) is 0 Å². The fourth-order valence-corrected chi connectivity index (χ4v) is 1.35. The summed E-state index contributed by atoms with van der Waals surface area (Å²) in [6.45, 7) is 0. The van der Waals surface area contributed by atoms with E-state index in [1.54, 1.807) is 0 Å². The van der Waals surface area contributed by atoms with Crippen molar-refractivity contribution < 1.29 is 13.6 Å². The Morgan fingerprint density at radius 3 is 2.33 bits per heavy atom. The summed E-state index contributed by atoms with van der Waals surface area (Å²) in [5.41, 5.74) is -0.0154. The number of carbonyl (C=O) groups is 1. The fourth-order valence-electron chi connectivity index (χ4n) is 1.25. The third-order valence-electron chi connectivity index (χ3n) is 1.97. The van der Waals surface area contributed by atoms with Crippen LogP contribution in [0, 0.1) is 11.6 Å². The van der Waals surface area contributed by atoms with Gasteiger partial charge in [-0.3, -0.25) is 4.79 Å². The molecule has 7 heteroatoms. The Morgan fingerprint density at radius 2 is 1.78 bits per heavy atom. The molecule has 0 aliphatic carbocycles. The van der Waals surface area contributed by atoms with E-state index in [0.29, 0.717) is 6.07 Å². The van der Waals surface area contributed by atoms with Crippen molar-refractivity contribution in [2.75, 3.05) is 5.32 Å². The maximum Gasteiger partial charge on any atom is 0.275 e. The van der Waals surface area contributed by atoms with Crippen LogP contribution >= 0.6 is 11.6 Å². The standard InChI is InChI=1S/C11H6ClF2N3O/c12-10-5-15-9(4-16-10)11(18)17-8-2-6(13)1-7(14)3-8/h1-5H,(H,17,18). The van der Waals surface area contributed by atoms with Crippen molar-refractivity contribution in [3.63, 3.8) is 0 Å². The van der Waals surface area contributed by atoms with E-state index in [4.69, 9.17) is 11.6 Å². The zero-order chi connectivity index (χ0) is 13.1. The second kappa shape index (κ2) is 5.05. The SMILES string of the molecule is O=C(Nc1cc(F)cc(F)c1)c1cnc(Cl)cn1. The van der Waals surface area contributed by atoms with Gasteiger partial charge < -0.3 is 5.32 Å². The van der Waals surface area contributed by atoms with Gasteiger partial charge in [-0.05, 0) is 12.1 Å². The van der Waals surface area contributed by atoms with Gasteiger partial charge in [0.25, 0.3) is 5.91 Å². The Labute approximate surface area is 106 Å². The van der Waals surface area contributed by atoms with Crippen LogP contribution in [0.5, 0.6) is 0 Å². The number of benzene rings is 1. The predicted octanol–water partition coefficient (Wildman–Crippen LogP) is 2.66. The highest BCUT2D eigenvalue weighted by atomic mass is 35.5. The fraction of sp³-hybridized carbons (Fsp3) is 0. The Kier molecular flexibility index (Phi) is 3.47. The quantitative estimate of drug-likeness (QED) is 0.912. The summed E-state index contributed by atoms with van der Waals surface area (Å²) < 4.78 is 25.8. The molecule has 0 atom stereocenters. The first-order valence-electron chi connectivity index (χ1n) is 4.79. The number of amides is 1. The molecule has 0 bridgehead atoms. The molecule has 1 heterocycles. The van der Waals surface area contributed by atoms with E-state index in [9.17, 15) is 13.6 Å². The molecule has 0 spiro atoms. The van der Waals surface area contributed by atoms with Crippen LogP contribution in [0.3, 0.4) is 0 Å². The van der Waals surface area contributed by atoms with Gasteiger partial charge in [0, 0.05) is 11.8 Å². The predicted molar refractivity (Wildman–Crippen MR) is 61.4 cm³/mol. The molecule has 0 saturated carbocycles. The molecule has 0 saturated heterocycles. The molecule has 4 nitrogen and oxygen atoms in total. The topological polar surface area (TPSA) is 54.9 Å². The number of nitrogens with one attached hydrogen (secondary N) is 1. The van der Waals surface area contributed by atoms with Gasteiger partial charge in [-0.2, -0.15) is 0 Å². The molecule has 0 unspecified atom stereocenters. The zero-order valence-electron chi connectivity index (χ0n) is 8.82. The van der Waals surface area contributed by atoms with Gasteiger partial charge in [0.05, 0.1) is 12.4 Å². The zero-order valence-corrected chi connectivity index (χ0v) is 9.58. The van der Waals surface area contributed by atoms with Gasteiger partial charge in [0.1, 0.15) is 22.5 Å². The monoisotopic (exact) mass is 269 g/mol.